The van der Waals surface area contributed by atoms with Crippen LogP contribution in [0.5, 0.6) is 0 Å². The fraction of sp³-hybridized carbons (Fsp3) is 0.818. The molecule has 2 aliphatic rings. The van der Waals surface area contributed by atoms with E-state index in [1.54, 1.807) is 11.8 Å². The topological polar surface area (TPSA) is 70.7 Å². The minimum atomic E-state index is -0.360. The number of carbonyl (C=O) groups excluding carboxylic acids is 2. The normalized spacial score (nSPS) is 29.9. The van der Waals surface area contributed by atoms with E-state index in [0.29, 0.717) is 32.7 Å². The monoisotopic (exact) mass is 241 g/mol. The van der Waals surface area contributed by atoms with E-state index in [0.717, 1.165) is 6.54 Å². The van der Waals surface area contributed by atoms with Crippen LogP contribution >= 0.6 is 0 Å². The summed E-state index contributed by atoms with van der Waals surface area (Å²) in [4.78, 5) is 25.2. The smallest absolute Gasteiger partial charge is 0.242 e. The molecule has 2 heterocycles. The van der Waals surface area contributed by atoms with Crippen molar-refractivity contribution in [2.24, 2.45) is 0 Å². The lowest BCUT2D eigenvalue weighted by molar-refractivity contribution is -0.143. The van der Waals surface area contributed by atoms with E-state index in [-0.39, 0.29) is 23.9 Å². The Balaban J connectivity index is 1.87. The Morgan fingerprint density at radius 3 is 3.06 bits per heavy atom. The van der Waals surface area contributed by atoms with Crippen molar-refractivity contribution in [3.63, 3.8) is 0 Å². The lowest BCUT2D eigenvalue weighted by Gasteiger charge is -2.34. The van der Waals surface area contributed by atoms with Gasteiger partial charge in [-0.3, -0.25) is 9.59 Å². The molecule has 0 radical (unpaired) electrons. The molecule has 0 bridgehead atoms. The number of hydrogen-bond donors (Lipinski definition) is 2. The highest BCUT2D eigenvalue weighted by molar-refractivity contribution is 5.88. The summed E-state index contributed by atoms with van der Waals surface area (Å²) in [6.07, 6.45) is 0.400. The van der Waals surface area contributed by atoms with Crippen molar-refractivity contribution in [2.45, 2.75) is 25.4 Å². The predicted octanol–water partition coefficient (Wildman–Crippen LogP) is -1.29. The van der Waals surface area contributed by atoms with Gasteiger partial charge in [-0.1, -0.05) is 0 Å². The van der Waals surface area contributed by atoms with Gasteiger partial charge in [0.15, 0.2) is 0 Å². The molecule has 0 aromatic heterocycles. The molecule has 2 atom stereocenters. The summed E-state index contributed by atoms with van der Waals surface area (Å²) < 4.78 is 5.31. The fourth-order valence-electron chi connectivity index (χ4n) is 2.20. The van der Waals surface area contributed by atoms with Crippen LogP contribution < -0.4 is 10.6 Å². The van der Waals surface area contributed by atoms with E-state index in [4.69, 9.17) is 4.74 Å². The minimum Gasteiger partial charge on any atom is -0.378 e. The molecule has 2 N–H and O–H groups in total. The third-order valence-electron chi connectivity index (χ3n) is 3.24. The zero-order valence-electron chi connectivity index (χ0n) is 10.1. The summed E-state index contributed by atoms with van der Waals surface area (Å²) in [6, 6.07) is -0.283. The summed E-state index contributed by atoms with van der Waals surface area (Å²) in [7, 11) is 0. The average molecular weight is 241 g/mol. The Labute approximate surface area is 101 Å². The molecule has 2 aliphatic heterocycles. The molecule has 6 nitrogen and oxygen atoms in total. The van der Waals surface area contributed by atoms with Gasteiger partial charge in [0.05, 0.1) is 13.2 Å². The van der Waals surface area contributed by atoms with Gasteiger partial charge in [-0.25, -0.2) is 0 Å². The van der Waals surface area contributed by atoms with Crippen molar-refractivity contribution in [3.8, 4) is 0 Å². The molecule has 0 spiro atoms. The zero-order chi connectivity index (χ0) is 12.3. The quantitative estimate of drug-likeness (QED) is 0.631. The molecule has 2 saturated heterocycles. The van der Waals surface area contributed by atoms with E-state index in [9.17, 15) is 9.59 Å². The van der Waals surface area contributed by atoms with Crippen LogP contribution in [0.15, 0.2) is 0 Å². The van der Waals surface area contributed by atoms with Crippen molar-refractivity contribution in [2.75, 3.05) is 32.8 Å². The van der Waals surface area contributed by atoms with E-state index >= 15 is 0 Å². The van der Waals surface area contributed by atoms with E-state index in [1.807, 2.05) is 0 Å². The Kier molecular flexibility index (Phi) is 3.96. The second kappa shape index (κ2) is 5.46. The van der Waals surface area contributed by atoms with Crippen molar-refractivity contribution < 1.29 is 14.3 Å². The number of hydrogen-bond acceptors (Lipinski definition) is 4. The largest absolute Gasteiger partial charge is 0.378 e. The van der Waals surface area contributed by atoms with Crippen LogP contribution in [-0.2, 0) is 14.3 Å². The SMILES string of the molecule is CC1C(=O)NCCN1C(=O)CC1COCCN1. The number of morpholine rings is 1. The summed E-state index contributed by atoms with van der Waals surface area (Å²) in [5.41, 5.74) is 0. The molecule has 0 aromatic carbocycles. The van der Waals surface area contributed by atoms with Crippen LogP contribution in [0.1, 0.15) is 13.3 Å². The number of carbonyl (C=O) groups is 2. The van der Waals surface area contributed by atoms with Gasteiger partial charge in [-0.15, -0.1) is 0 Å². The molecule has 17 heavy (non-hydrogen) atoms. The van der Waals surface area contributed by atoms with Crippen LogP contribution in [0.25, 0.3) is 0 Å². The molecule has 0 saturated carbocycles. The van der Waals surface area contributed by atoms with Crippen LogP contribution in [0, 0.1) is 0 Å². The Hall–Kier alpha value is -1.14. The number of rotatable bonds is 2. The molecule has 0 aromatic rings. The van der Waals surface area contributed by atoms with Crippen LogP contribution in [0.3, 0.4) is 0 Å². The van der Waals surface area contributed by atoms with Crippen molar-refractivity contribution in [1.82, 2.24) is 15.5 Å². The minimum absolute atomic E-state index is 0.0235. The summed E-state index contributed by atoms with van der Waals surface area (Å²) in [5.74, 6) is -0.0483. The second-order valence-electron chi connectivity index (χ2n) is 4.48. The molecule has 2 unspecified atom stereocenters. The molecular formula is C11H19N3O3. The lowest BCUT2D eigenvalue weighted by atomic mass is 10.1. The van der Waals surface area contributed by atoms with E-state index in [2.05, 4.69) is 10.6 Å². The van der Waals surface area contributed by atoms with E-state index in [1.165, 1.54) is 0 Å². The highest BCUT2D eigenvalue weighted by atomic mass is 16.5. The lowest BCUT2D eigenvalue weighted by Crippen LogP contribution is -2.57. The van der Waals surface area contributed by atoms with E-state index < -0.39 is 0 Å². The molecular weight excluding hydrogens is 222 g/mol. The molecule has 6 heteroatoms. The van der Waals surface area contributed by atoms with Gasteiger partial charge in [-0.2, -0.15) is 0 Å². The number of ether oxygens (including phenoxy) is 1. The number of piperazine rings is 1. The van der Waals surface area contributed by atoms with Crippen molar-refractivity contribution >= 4 is 11.8 Å². The summed E-state index contributed by atoms with van der Waals surface area (Å²) >= 11 is 0. The number of nitrogens with one attached hydrogen (secondary N) is 2. The Bertz CT molecular complexity index is 302. The van der Waals surface area contributed by atoms with Crippen molar-refractivity contribution in [1.29, 1.82) is 0 Å². The highest BCUT2D eigenvalue weighted by Crippen LogP contribution is 2.09. The van der Waals surface area contributed by atoms with Gasteiger partial charge in [-0.05, 0) is 6.92 Å². The number of nitrogens with zero attached hydrogens (tertiary/aromatic N) is 1. The summed E-state index contributed by atoms with van der Waals surface area (Å²) in [6.45, 7) is 4.96. The average Bonchev–Trinajstić information content (AvgIpc) is 2.34. The first-order valence-electron chi connectivity index (χ1n) is 6.07. The molecule has 96 valence electrons. The Morgan fingerprint density at radius 1 is 1.53 bits per heavy atom. The van der Waals surface area contributed by atoms with Gasteiger partial charge >= 0.3 is 0 Å². The standard InChI is InChI=1S/C11H19N3O3/c1-8-11(16)13-2-4-14(8)10(15)6-9-7-17-5-3-12-9/h8-9,12H,2-7H2,1H3,(H,13,16). The zero-order valence-corrected chi connectivity index (χ0v) is 10.1. The molecule has 2 amide bonds. The first-order valence-corrected chi connectivity index (χ1v) is 6.07. The Morgan fingerprint density at radius 2 is 2.35 bits per heavy atom. The van der Waals surface area contributed by atoms with Gasteiger partial charge in [0.1, 0.15) is 6.04 Å². The predicted molar refractivity (Wildman–Crippen MR) is 61.4 cm³/mol. The van der Waals surface area contributed by atoms with Gasteiger partial charge < -0.3 is 20.3 Å². The van der Waals surface area contributed by atoms with Gasteiger partial charge in [0.2, 0.25) is 11.8 Å². The molecule has 0 aliphatic carbocycles. The van der Waals surface area contributed by atoms with Crippen LogP contribution in [0.4, 0.5) is 0 Å². The maximum Gasteiger partial charge on any atom is 0.242 e. The third-order valence-corrected chi connectivity index (χ3v) is 3.24. The maximum atomic E-state index is 12.1. The van der Waals surface area contributed by atoms with Crippen LogP contribution in [-0.4, -0.2) is 61.6 Å². The van der Waals surface area contributed by atoms with Gasteiger partial charge in [0.25, 0.3) is 0 Å². The first-order chi connectivity index (χ1) is 8.18. The first kappa shape index (κ1) is 12.3. The fourth-order valence-corrected chi connectivity index (χ4v) is 2.20. The number of amides is 2. The van der Waals surface area contributed by atoms with Crippen LogP contribution in [0.2, 0.25) is 0 Å². The van der Waals surface area contributed by atoms with Gasteiger partial charge in [0, 0.05) is 32.1 Å². The highest BCUT2D eigenvalue weighted by Gasteiger charge is 2.30. The second-order valence-corrected chi connectivity index (χ2v) is 4.48. The van der Waals surface area contributed by atoms with Crippen molar-refractivity contribution in [3.05, 3.63) is 0 Å². The molecule has 2 fully saturated rings. The maximum absolute atomic E-state index is 12.1. The third kappa shape index (κ3) is 2.95. The summed E-state index contributed by atoms with van der Waals surface area (Å²) in [5, 5.41) is 5.99. The molecule has 2 rings (SSSR count).